The molecule has 1 atom stereocenters. The molecule has 4 nitrogen and oxygen atoms in total. The molecule has 5 heteroatoms. The van der Waals surface area contributed by atoms with Crippen molar-refractivity contribution in [1.82, 2.24) is 10.3 Å². The molecule has 2 aromatic rings. The zero-order chi connectivity index (χ0) is 13.7. The first-order chi connectivity index (χ1) is 9.16. The van der Waals surface area contributed by atoms with E-state index in [9.17, 15) is 9.90 Å². The lowest BCUT2D eigenvalue weighted by Gasteiger charge is -2.11. The number of aromatic nitrogens is 1. The van der Waals surface area contributed by atoms with Crippen LogP contribution in [0.3, 0.4) is 0 Å². The summed E-state index contributed by atoms with van der Waals surface area (Å²) >= 11 is 5.75. The smallest absolute Gasteiger partial charge is 0.253 e. The van der Waals surface area contributed by atoms with E-state index in [2.05, 4.69) is 10.3 Å². The molecule has 1 amide bonds. The van der Waals surface area contributed by atoms with Crippen LogP contribution in [0, 0.1) is 0 Å². The molecule has 1 aromatic heterocycles. The molecule has 0 aliphatic carbocycles. The van der Waals surface area contributed by atoms with Gasteiger partial charge in [0.1, 0.15) is 0 Å². The standard InChI is InChI=1S/C14H13ClN2O2/c15-12-5-3-11(4-6-12)13(18)14(19)17-9-10-2-1-7-16-8-10/h1-8,13,18H,9H2,(H,17,19). The normalized spacial score (nSPS) is 11.9. The van der Waals surface area contributed by atoms with Crippen molar-refractivity contribution in [1.29, 1.82) is 0 Å². The summed E-state index contributed by atoms with van der Waals surface area (Å²) in [5.74, 6) is -0.453. The van der Waals surface area contributed by atoms with Gasteiger partial charge < -0.3 is 10.4 Å². The highest BCUT2D eigenvalue weighted by molar-refractivity contribution is 6.30. The Morgan fingerprint density at radius 3 is 2.68 bits per heavy atom. The second-order valence-electron chi connectivity index (χ2n) is 4.03. The molecule has 2 N–H and O–H groups in total. The summed E-state index contributed by atoms with van der Waals surface area (Å²) in [4.78, 5) is 15.7. The van der Waals surface area contributed by atoms with Crippen molar-refractivity contribution in [3.63, 3.8) is 0 Å². The minimum Gasteiger partial charge on any atom is -0.378 e. The maximum absolute atomic E-state index is 11.8. The van der Waals surface area contributed by atoms with E-state index >= 15 is 0 Å². The molecule has 1 aromatic carbocycles. The highest BCUT2D eigenvalue weighted by atomic mass is 35.5. The third kappa shape index (κ3) is 3.77. The minimum atomic E-state index is -1.20. The molecule has 0 aliphatic rings. The Hall–Kier alpha value is -1.91. The molecule has 0 radical (unpaired) electrons. The number of nitrogens with zero attached hydrogens (tertiary/aromatic N) is 1. The summed E-state index contributed by atoms with van der Waals surface area (Å²) in [6, 6.07) is 10.1. The molecular formula is C14H13ClN2O2. The highest BCUT2D eigenvalue weighted by Crippen LogP contribution is 2.16. The number of carbonyl (C=O) groups is 1. The van der Waals surface area contributed by atoms with Crippen LogP contribution in [0.25, 0.3) is 0 Å². The van der Waals surface area contributed by atoms with Crippen LogP contribution in [-0.2, 0) is 11.3 Å². The molecule has 0 spiro atoms. The van der Waals surface area contributed by atoms with Crippen molar-refractivity contribution < 1.29 is 9.90 Å². The first-order valence-corrected chi connectivity index (χ1v) is 6.15. The van der Waals surface area contributed by atoms with E-state index in [4.69, 9.17) is 11.6 Å². The molecule has 1 unspecified atom stereocenters. The predicted molar refractivity (Wildman–Crippen MR) is 72.5 cm³/mol. The van der Waals surface area contributed by atoms with E-state index in [1.54, 1.807) is 42.7 Å². The summed E-state index contributed by atoms with van der Waals surface area (Å²) in [6.45, 7) is 0.331. The van der Waals surface area contributed by atoms with E-state index in [1.165, 1.54) is 0 Å². The third-order valence-corrected chi connectivity index (χ3v) is 2.88. The molecule has 1 heterocycles. The number of hydrogen-bond acceptors (Lipinski definition) is 3. The van der Waals surface area contributed by atoms with Gasteiger partial charge in [-0.25, -0.2) is 0 Å². The molecule has 2 rings (SSSR count). The van der Waals surface area contributed by atoms with Crippen LogP contribution in [0.5, 0.6) is 0 Å². The van der Waals surface area contributed by atoms with Crippen LogP contribution >= 0.6 is 11.6 Å². The summed E-state index contributed by atoms with van der Waals surface area (Å²) in [5.41, 5.74) is 1.38. The number of hydrogen-bond donors (Lipinski definition) is 2. The molecule has 0 fully saturated rings. The Morgan fingerprint density at radius 1 is 1.32 bits per heavy atom. The minimum absolute atomic E-state index is 0.331. The fourth-order valence-electron chi connectivity index (χ4n) is 1.58. The second kappa shape index (κ2) is 6.31. The zero-order valence-corrected chi connectivity index (χ0v) is 10.8. The SMILES string of the molecule is O=C(NCc1cccnc1)C(O)c1ccc(Cl)cc1. The number of carbonyl (C=O) groups excluding carboxylic acids is 1. The van der Waals surface area contributed by atoms with E-state index < -0.39 is 12.0 Å². The number of aliphatic hydroxyl groups excluding tert-OH is 1. The number of halogens is 1. The zero-order valence-electron chi connectivity index (χ0n) is 10.1. The third-order valence-electron chi connectivity index (χ3n) is 2.62. The monoisotopic (exact) mass is 276 g/mol. The van der Waals surface area contributed by atoms with E-state index in [-0.39, 0.29) is 0 Å². The quantitative estimate of drug-likeness (QED) is 0.899. The van der Waals surface area contributed by atoms with Crippen molar-refractivity contribution in [3.8, 4) is 0 Å². The van der Waals surface area contributed by atoms with Gasteiger partial charge in [0.2, 0.25) is 0 Å². The van der Waals surface area contributed by atoms with Gasteiger partial charge in [0.05, 0.1) is 0 Å². The van der Waals surface area contributed by atoms with Crippen LogP contribution in [0.15, 0.2) is 48.8 Å². The second-order valence-corrected chi connectivity index (χ2v) is 4.47. The maximum Gasteiger partial charge on any atom is 0.253 e. The van der Waals surface area contributed by atoms with Crippen molar-refractivity contribution in [2.75, 3.05) is 0 Å². The van der Waals surface area contributed by atoms with Crippen molar-refractivity contribution in [3.05, 3.63) is 64.9 Å². The average molecular weight is 277 g/mol. The molecule has 0 aliphatic heterocycles. The van der Waals surface area contributed by atoms with Crippen LogP contribution < -0.4 is 5.32 Å². The first kappa shape index (κ1) is 13.5. The topological polar surface area (TPSA) is 62.2 Å². The lowest BCUT2D eigenvalue weighted by Crippen LogP contribution is -2.28. The summed E-state index contributed by atoms with van der Waals surface area (Å²) < 4.78 is 0. The van der Waals surface area contributed by atoms with Gasteiger partial charge in [0, 0.05) is 24.0 Å². The lowest BCUT2D eigenvalue weighted by atomic mass is 10.1. The van der Waals surface area contributed by atoms with Gasteiger partial charge in [0.15, 0.2) is 6.10 Å². The number of benzene rings is 1. The van der Waals surface area contributed by atoms with Gasteiger partial charge in [-0.05, 0) is 29.3 Å². The Balaban J connectivity index is 1.94. The van der Waals surface area contributed by atoms with Crippen LogP contribution in [0.4, 0.5) is 0 Å². The number of nitrogens with one attached hydrogen (secondary N) is 1. The molecule has 0 saturated carbocycles. The van der Waals surface area contributed by atoms with E-state index in [0.29, 0.717) is 17.1 Å². The van der Waals surface area contributed by atoms with Crippen molar-refractivity contribution in [2.24, 2.45) is 0 Å². The fraction of sp³-hybridized carbons (Fsp3) is 0.143. The largest absolute Gasteiger partial charge is 0.378 e. The molecular weight excluding hydrogens is 264 g/mol. The number of amides is 1. The van der Waals surface area contributed by atoms with Gasteiger partial charge in [-0.2, -0.15) is 0 Å². The maximum atomic E-state index is 11.8. The summed E-state index contributed by atoms with van der Waals surface area (Å²) in [5, 5.41) is 13.1. The number of aliphatic hydroxyl groups is 1. The Kier molecular flexibility index (Phi) is 4.49. The fourth-order valence-corrected chi connectivity index (χ4v) is 1.71. The van der Waals surface area contributed by atoms with Crippen LogP contribution in [-0.4, -0.2) is 16.0 Å². The Bertz CT molecular complexity index is 543. The number of rotatable bonds is 4. The van der Waals surface area contributed by atoms with Gasteiger partial charge in [-0.1, -0.05) is 29.8 Å². The molecule has 98 valence electrons. The molecule has 19 heavy (non-hydrogen) atoms. The van der Waals surface area contributed by atoms with Crippen molar-refractivity contribution in [2.45, 2.75) is 12.6 Å². The average Bonchev–Trinajstić information content (AvgIpc) is 2.46. The van der Waals surface area contributed by atoms with E-state index in [0.717, 1.165) is 5.56 Å². The summed E-state index contributed by atoms with van der Waals surface area (Å²) in [7, 11) is 0. The first-order valence-electron chi connectivity index (χ1n) is 5.77. The van der Waals surface area contributed by atoms with E-state index in [1.807, 2.05) is 6.07 Å². The predicted octanol–water partition coefficient (Wildman–Crippen LogP) is 2.08. The van der Waals surface area contributed by atoms with Gasteiger partial charge >= 0.3 is 0 Å². The molecule has 0 saturated heterocycles. The van der Waals surface area contributed by atoms with Crippen LogP contribution in [0.1, 0.15) is 17.2 Å². The van der Waals surface area contributed by atoms with Crippen LogP contribution in [0.2, 0.25) is 5.02 Å². The molecule has 0 bridgehead atoms. The summed E-state index contributed by atoms with van der Waals surface area (Å²) in [6.07, 6.45) is 2.12. The van der Waals surface area contributed by atoms with Gasteiger partial charge in [0.25, 0.3) is 5.91 Å². The Morgan fingerprint density at radius 2 is 2.05 bits per heavy atom. The van der Waals surface area contributed by atoms with Gasteiger partial charge in [-0.3, -0.25) is 9.78 Å². The number of pyridine rings is 1. The van der Waals surface area contributed by atoms with Gasteiger partial charge in [-0.15, -0.1) is 0 Å². The lowest BCUT2D eigenvalue weighted by molar-refractivity contribution is -0.129. The highest BCUT2D eigenvalue weighted by Gasteiger charge is 2.16. The van der Waals surface area contributed by atoms with Crippen molar-refractivity contribution >= 4 is 17.5 Å². The Labute approximate surface area is 116 Å².